The number of hydrogen-bond donors (Lipinski definition) is 1. The molecule has 1 amide bonds. The molecule has 0 saturated carbocycles. The van der Waals surface area contributed by atoms with E-state index in [0.717, 1.165) is 25.7 Å². The number of oxime groups is 1. The van der Waals surface area contributed by atoms with Crippen molar-refractivity contribution in [3.63, 3.8) is 0 Å². The number of rotatable bonds is 0. The van der Waals surface area contributed by atoms with Gasteiger partial charge in [-0.3, -0.25) is 0 Å². The Labute approximate surface area is 101 Å². The zero-order chi connectivity index (χ0) is 12.6. The van der Waals surface area contributed by atoms with Crippen LogP contribution in [0.5, 0.6) is 0 Å². The fraction of sp³-hybridized carbons (Fsp3) is 0.833. The van der Waals surface area contributed by atoms with E-state index >= 15 is 0 Å². The first-order valence-corrected chi connectivity index (χ1v) is 6.16. The highest BCUT2D eigenvalue weighted by Crippen LogP contribution is 2.38. The maximum Gasteiger partial charge on any atom is 0.416 e. The van der Waals surface area contributed by atoms with Crippen LogP contribution < -0.4 is 0 Å². The highest BCUT2D eigenvalue weighted by Gasteiger charge is 2.44. The summed E-state index contributed by atoms with van der Waals surface area (Å²) < 4.78 is 5.22. The molecule has 2 bridgehead atoms. The summed E-state index contributed by atoms with van der Waals surface area (Å²) in [5, 5.41) is 12.0. The van der Waals surface area contributed by atoms with Gasteiger partial charge in [0, 0.05) is 17.5 Å². The van der Waals surface area contributed by atoms with Crippen molar-refractivity contribution in [2.24, 2.45) is 10.6 Å². The second kappa shape index (κ2) is 4.20. The van der Waals surface area contributed by atoms with Crippen LogP contribution in [-0.2, 0) is 4.74 Å². The molecular formula is C12H20N2O3. The van der Waals surface area contributed by atoms with Gasteiger partial charge < -0.3 is 14.8 Å². The Balaban J connectivity index is 2.02. The third kappa shape index (κ3) is 2.23. The van der Waals surface area contributed by atoms with Crippen LogP contribution >= 0.6 is 0 Å². The van der Waals surface area contributed by atoms with Crippen LogP contribution in [0.1, 0.15) is 46.5 Å². The van der Waals surface area contributed by atoms with Gasteiger partial charge in [-0.05, 0) is 25.7 Å². The van der Waals surface area contributed by atoms with Crippen molar-refractivity contribution < 1.29 is 14.7 Å². The monoisotopic (exact) mass is 240 g/mol. The number of ether oxygens (including phenoxy) is 1. The van der Waals surface area contributed by atoms with Gasteiger partial charge in [-0.25, -0.2) is 4.79 Å². The first-order valence-electron chi connectivity index (χ1n) is 6.16. The summed E-state index contributed by atoms with van der Waals surface area (Å²) in [4.78, 5) is 13.9. The van der Waals surface area contributed by atoms with Gasteiger partial charge in [0.1, 0.15) is 0 Å². The summed E-state index contributed by atoms with van der Waals surface area (Å²) in [6.07, 6.45) is 3.92. The normalized spacial score (nSPS) is 28.6. The van der Waals surface area contributed by atoms with Crippen molar-refractivity contribution in [1.29, 1.82) is 0 Å². The fourth-order valence-electron chi connectivity index (χ4n) is 2.67. The average molecular weight is 240 g/mol. The van der Waals surface area contributed by atoms with Gasteiger partial charge in [-0.15, -0.1) is 0 Å². The molecule has 0 radical (unpaired) electrons. The molecule has 2 aliphatic rings. The number of carbonyl (C=O) groups excluding carboxylic acids is 1. The SMILES string of the molecule is CC(C)(C)C(=NO)OC(=O)N1C2CCC1CC2. The molecule has 0 aliphatic carbocycles. The topological polar surface area (TPSA) is 62.1 Å². The van der Waals surface area contributed by atoms with Crippen molar-refractivity contribution in [2.75, 3.05) is 0 Å². The Morgan fingerprint density at radius 3 is 2.06 bits per heavy atom. The zero-order valence-corrected chi connectivity index (χ0v) is 10.6. The van der Waals surface area contributed by atoms with E-state index in [-0.39, 0.29) is 12.0 Å². The van der Waals surface area contributed by atoms with Crippen LogP contribution in [0.25, 0.3) is 0 Å². The van der Waals surface area contributed by atoms with E-state index in [1.54, 1.807) is 0 Å². The van der Waals surface area contributed by atoms with Gasteiger partial charge >= 0.3 is 6.09 Å². The Kier molecular flexibility index (Phi) is 3.02. The molecule has 0 spiro atoms. The van der Waals surface area contributed by atoms with Gasteiger partial charge in [0.15, 0.2) is 0 Å². The molecule has 0 atom stereocenters. The largest absolute Gasteiger partial charge is 0.416 e. The van der Waals surface area contributed by atoms with E-state index in [1.165, 1.54) is 0 Å². The molecule has 5 nitrogen and oxygen atoms in total. The maximum atomic E-state index is 12.0. The quantitative estimate of drug-likeness (QED) is 0.306. The van der Waals surface area contributed by atoms with Crippen LogP contribution in [-0.4, -0.2) is 34.2 Å². The summed E-state index contributed by atoms with van der Waals surface area (Å²) in [6, 6.07) is 0.653. The van der Waals surface area contributed by atoms with Gasteiger partial charge in [0.25, 0.3) is 0 Å². The first-order chi connectivity index (χ1) is 7.93. The molecule has 2 fully saturated rings. The van der Waals surface area contributed by atoms with Crippen LogP contribution in [0, 0.1) is 5.41 Å². The predicted molar refractivity (Wildman–Crippen MR) is 63.0 cm³/mol. The lowest BCUT2D eigenvalue weighted by atomic mass is 9.97. The Hall–Kier alpha value is -1.26. The van der Waals surface area contributed by atoms with E-state index in [4.69, 9.17) is 9.94 Å². The van der Waals surface area contributed by atoms with Gasteiger partial charge in [-0.1, -0.05) is 25.9 Å². The molecule has 5 heteroatoms. The van der Waals surface area contributed by atoms with E-state index in [9.17, 15) is 4.79 Å². The summed E-state index contributed by atoms with van der Waals surface area (Å²) in [7, 11) is 0. The number of hydrogen-bond acceptors (Lipinski definition) is 4. The van der Waals surface area contributed by atoms with Gasteiger partial charge in [0.05, 0.1) is 0 Å². The second-order valence-corrected chi connectivity index (χ2v) is 5.89. The van der Waals surface area contributed by atoms with Crippen LogP contribution in [0.3, 0.4) is 0 Å². The van der Waals surface area contributed by atoms with Crippen LogP contribution in [0.2, 0.25) is 0 Å². The predicted octanol–water partition coefficient (Wildman–Crippen LogP) is 2.58. The smallest absolute Gasteiger partial charge is 0.408 e. The highest BCUT2D eigenvalue weighted by molar-refractivity contribution is 5.91. The molecule has 96 valence electrons. The first kappa shape index (κ1) is 12.2. The fourth-order valence-corrected chi connectivity index (χ4v) is 2.67. The molecule has 17 heavy (non-hydrogen) atoms. The Morgan fingerprint density at radius 1 is 1.24 bits per heavy atom. The molecule has 0 unspecified atom stereocenters. The van der Waals surface area contributed by atoms with E-state index in [0.29, 0.717) is 12.1 Å². The minimum absolute atomic E-state index is 0.0776. The van der Waals surface area contributed by atoms with Gasteiger partial charge in [0.2, 0.25) is 5.90 Å². The van der Waals surface area contributed by atoms with E-state index < -0.39 is 5.41 Å². The molecule has 2 rings (SSSR count). The highest BCUT2D eigenvalue weighted by atomic mass is 16.6. The molecule has 0 aromatic heterocycles. The number of nitrogens with zero attached hydrogens (tertiary/aromatic N) is 2. The number of amides is 1. The molecule has 1 N–H and O–H groups in total. The number of fused-ring (bicyclic) bond motifs is 2. The van der Waals surface area contributed by atoms with Gasteiger partial charge in [-0.2, -0.15) is 0 Å². The minimum Gasteiger partial charge on any atom is -0.408 e. The van der Waals surface area contributed by atoms with Crippen molar-refractivity contribution in [3.8, 4) is 0 Å². The lowest BCUT2D eigenvalue weighted by Gasteiger charge is -2.24. The zero-order valence-electron chi connectivity index (χ0n) is 10.6. The molecule has 0 aromatic carbocycles. The van der Waals surface area contributed by atoms with Crippen molar-refractivity contribution in [3.05, 3.63) is 0 Å². The number of carbonyl (C=O) groups is 1. The standard InChI is InChI=1S/C12H20N2O3/c1-12(2,3)10(13-16)17-11(15)14-8-4-5-9(14)7-6-8/h8-9,16H,4-7H2,1-3H3. The Bertz CT molecular complexity index is 326. The molecule has 2 aliphatic heterocycles. The summed E-state index contributed by atoms with van der Waals surface area (Å²) in [6.45, 7) is 5.52. The Morgan fingerprint density at radius 2 is 1.71 bits per heavy atom. The summed E-state index contributed by atoms with van der Waals surface area (Å²) in [5.74, 6) is 0.0776. The lowest BCUT2D eigenvalue weighted by molar-refractivity contribution is 0.132. The average Bonchev–Trinajstić information content (AvgIpc) is 2.83. The van der Waals surface area contributed by atoms with Crippen molar-refractivity contribution >= 4 is 12.0 Å². The van der Waals surface area contributed by atoms with Crippen molar-refractivity contribution in [2.45, 2.75) is 58.5 Å². The second-order valence-electron chi connectivity index (χ2n) is 5.89. The molecule has 2 saturated heterocycles. The van der Waals surface area contributed by atoms with Crippen LogP contribution in [0.15, 0.2) is 5.16 Å². The molecule has 0 aromatic rings. The third-order valence-corrected chi connectivity index (χ3v) is 3.58. The minimum atomic E-state index is -0.469. The molecule has 2 heterocycles. The maximum absolute atomic E-state index is 12.0. The third-order valence-electron chi connectivity index (χ3n) is 3.58. The van der Waals surface area contributed by atoms with E-state index in [2.05, 4.69) is 5.16 Å². The van der Waals surface area contributed by atoms with E-state index in [1.807, 2.05) is 25.7 Å². The summed E-state index contributed by atoms with van der Waals surface area (Å²) >= 11 is 0. The lowest BCUT2D eigenvalue weighted by Crippen LogP contribution is -2.39. The van der Waals surface area contributed by atoms with Crippen molar-refractivity contribution in [1.82, 2.24) is 4.90 Å². The summed E-state index contributed by atoms with van der Waals surface area (Å²) in [5.41, 5.74) is -0.469. The molecular weight excluding hydrogens is 220 g/mol. The van der Waals surface area contributed by atoms with Crippen LogP contribution in [0.4, 0.5) is 4.79 Å².